The van der Waals surface area contributed by atoms with Gasteiger partial charge in [0.25, 0.3) is 0 Å². The van der Waals surface area contributed by atoms with Crippen molar-refractivity contribution >= 4 is 0 Å². The summed E-state index contributed by atoms with van der Waals surface area (Å²) in [6, 6.07) is 0. The molecule has 4 aliphatic rings. The number of ether oxygens (including phenoxy) is 1. The summed E-state index contributed by atoms with van der Waals surface area (Å²) < 4.78 is 5.31. The highest BCUT2D eigenvalue weighted by atomic mass is 17.2. The van der Waals surface area contributed by atoms with Crippen LogP contribution in [0.15, 0.2) is 0 Å². The molecule has 3 nitrogen and oxygen atoms in total. The second-order valence-electron chi connectivity index (χ2n) is 2.91. The van der Waals surface area contributed by atoms with Crippen LogP contribution in [0.25, 0.3) is 0 Å². The van der Waals surface area contributed by atoms with Gasteiger partial charge in [-0.25, -0.2) is 9.78 Å². The molecule has 3 saturated heterocycles. The van der Waals surface area contributed by atoms with E-state index < -0.39 is 0 Å². The maximum Gasteiger partial charge on any atom is 0.122 e. The maximum absolute atomic E-state index is 5.31. The molecule has 3 heteroatoms. The van der Waals surface area contributed by atoms with Crippen molar-refractivity contribution < 1.29 is 14.5 Å². The summed E-state index contributed by atoms with van der Waals surface area (Å²) in [5.41, 5.74) is 0. The summed E-state index contributed by atoms with van der Waals surface area (Å²) in [5.74, 6) is 0. The Bertz CT molecular complexity index is 123. The summed E-state index contributed by atoms with van der Waals surface area (Å²) in [4.78, 5) is 10.0. The highest BCUT2D eigenvalue weighted by molar-refractivity contribution is 5.02. The lowest BCUT2D eigenvalue weighted by molar-refractivity contribution is -0.386. The number of rotatable bonds is 0. The lowest BCUT2D eigenvalue weighted by Crippen LogP contribution is -2.41. The van der Waals surface area contributed by atoms with Gasteiger partial charge in [-0.05, 0) is 12.8 Å². The summed E-state index contributed by atoms with van der Waals surface area (Å²) in [7, 11) is 0. The van der Waals surface area contributed by atoms with Crippen LogP contribution in [-0.2, 0) is 14.5 Å². The van der Waals surface area contributed by atoms with Crippen LogP contribution < -0.4 is 0 Å². The van der Waals surface area contributed by atoms with Gasteiger partial charge in [0.05, 0.1) is 0 Å². The van der Waals surface area contributed by atoms with E-state index in [0.29, 0.717) is 12.2 Å². The molecular formula is C6H8O3. The van der Waals surface area contributed by atoms with Crippen molar-refractivity contribution in [3.8, 4) is 0 Å². The van der Waals surface area contributed by atoms with Crippen LogP contribution in [0.2, 0.25) is 0 Å². The van der Waals surface area contributed by atoms with Crippen molar-refractivity contribution in [3.63, 3.8) is 0 Å². The summed E-state index contributed by atoms with van der Waals surface area (Å²) >= 11 is 0. The van der Waals surface area contributed by atoms with Crippen LogP contribution >= 0.6 is 0 Å². The molecule has 4 fully saturated rings. The number of hydrogen-bond acceptors (Lipinski definition) is 3. The smallest absolute Gasteiger partial charge is 0.122 e. The zero-order valence-corrected chi connectivity index (χ0v) is 4.95. The molecule has 0 unspecified atom stereocenters. The fourth-order valence-corrected chi connectivity index (χ4v) is 1.74. The molecule has 0 aromatic heterocycles. The minimum Gasteiger partial charge on any atom is -0.364 e. The normalized spacial score (nSPS) is 61.3. The molecule has 1 aliphatic carbocycles. The fourth-order valence-electron chi connectivity index (χ4n) is 1.74. The Hall–Kier alpha value is -0.120. The zero-order chi connectivity index (χ0) is 5.84. The van der Waals surface area contributed by atoms with Gasteiger partial charge >= 0.3 is 0 Å². The average molecular weight is 128 g/mol. The van der Waals surface area contributed by atoms with Crippen LogP contribution in [0, 0.1) is 0 Å². The maximum atomic E-state index is 5.31. The minimum absolute atomic E-state index is 0.250. The lowest BCUT2D eigenvalue weighted by Gasteiger charge is -2.30. The second-order valence-corrected chi connectivity index (χ2v) is 2.91. The summed E-state index contributed by atoms with van der Waals surface area (Å²) in [6.45, 7) is 0. The Morgan fingerprint density at radius 1 is 0.889 bits per heavy atom. The van der Waals surface area contributed by atoms with E-state index in [0.717, 1.165) is 12.8 Å². The molecule has 0 amide bonds. The quantitative estimate of drug-likeness (QED) is 0.346. The molecule has 4 rings (SSSR count). The second kappa shape index (κ2) is 1.31. The predicted molar refractivity (Wildman–Crippen MR) is 27.6 cm³/mol. The largest absolute Gasteiger partial charge is 0.364 e. The first kappa shape index (κ1) is 4.66. The van der Waals surface area contributed by atoms with Crippen molar-refractivity contribution in [1.29, 1.82) is 0 Å². The van der Waals surface area contributed by atoms with Gasteiger partial charge in [0.1, 0.15) is 24.4 Å². The Morgan fingerprint density at radius 3 is 1.78 bits per heavy atom. The monoisotopic (exact) mass is 128 g/mol. The Morgan fingerprint density at radius 2 is 1.44 bits per heavy atom. The molecule has 9 heavy (non-hydrogen) atoms. The van der Waals surface area contributed by atoms with Gasteiger partial charge in [-0.2, -0.15) is 0 Å². The lowest BCUT2D eigenvalue weighted by atomic mass is 9.94. The highest BCUT2D eigenvalue weighted by Gasteiger charge is 2.58. The molecule has 4 atom stereocenters. The third-order valence-electron chi connectivity index (χ3n) is 2.33. The molecule has 0 radical (unpaired) electrons. The van der Waals surface area contributed by atoms with Crippen molar-refractivity contribution in [2.75, 3.05) is 0 Å². The van der Waals surface area contributed by atoms with Gasteiger partial charge < -0.3 is 4.74 Å². The van der Waals surface area contributed by atoms with Crippen molar-refractivity contribution in [1.82, 2.24) is 0 Å². The first-order chi connectivity index (χ1) is 4.45. The number of epoxide rings is 1. The van der Waals surface area contributed by atoms with Crippen LogP contribution in [-0.4, -0.2) is 24.4 Å². The van der Waals surface area contributed by atoms with E-state index in [1.54, 1.807) is 0 Å². The molecule has 1 saturated carbocycles. The van der Waals surface area contributed by atoms with E-state index in [-0.39, 0.29) is 12.2 Å². The molecule has 3 heterocycles. The van der Waals surface area contributed by atoms with Crippen LogP contribution in [0.5, 0.6) is 0 Å². The molecule has 3 aliphatic heterocycles. The molecule has 0 N–H and O–H groups in total. The third kappa shape index (κ3) is 0.478. The van der Waals surface area contributed by atoms with Gasteiger partial charge in [-0.15, -0.1) is 0 Å². The Labute approximate surface area is 52.8 Å². The average Bonchev–Trinajstić information content (AvgIpc) is 2.68. The first-order valence-electron chi connectivity index (χ1n) is 3.43. The van der Waals surface area contributed by atoms with E-state index in [9.17, 15) is 0 Å². The topological polar surface area (TPSA) is 31.0 Å². The van der Waals surface area contributed by atoms with Gasteiger partial charge in [-0.3, -0.25) is 0 Å². The first-order valence-corrected chi connectivity index (χ1v) is 3.43. The van der Waals surface area contributed by atoms with Crippen LogP contribution in [0.4, 0.5) is 0 Å². The highest BCUT2D eigenvalue weighted by Crippen LogP contribution is 2.44. The van der Waals surface area contributed by atoms with Crippen molar-refractivity contribution in [3.05, 3.63) is 0 Å². The van der Waals surface area contributed by atoms with E-state index >= 15 is 0 Å². The van der Waals surface area contributed by atoms with E-state index in [4.69, 9.17) is 14.5 Å². The van der Waals surface area contributed by atoms with E-state index in [1.165, 1.54) is 0 Å². The fraction of sp³-hybridized carbons (Fsp3) is 1.00. The standard InChI is InChI=1S/C6H8O3/c1-2-4-6-5(7-6)3(1)8-9-4/h3-6H,1-2H2/t3-,4-,5-,6+/m1/s1. The summed E-state index contributed by atoms with van der Waals surface area (Å²) in [5, 5.41) is 0. The van der Waals surface area contributed by atoms with E-state index in [2.05, 4.69) is 0 Å². The van der Waals surface area contributed by atoms with Gasteiger partial charge in [0, 0.05) is 0 Å². The number of fused-ring (bicyclic) bond motifs is 2. The Balaban J connectivity index is 1.93. The van der Waals surface area contributed by atoms with E-state index in [1.807, 2.05) is 0 Å². The molecule has 0 aromatic rings. The summed E-state index contributed by atoms with van der Waals surface area (Å²) in [6.07, 6.45) is 3.51. The van der Waals surface area contributed by atoms with Gasteiger partial charge in [0.2, 0.25) is 0 Å². The van der Waals surface area contributed by atoms with Crippen LogP contribution in [0.1, 0.15) is 12.8 Å². The molecular weight excluding hydrogens is 120 g/mol. The van der Waals surface area contributed by atoms with Gasteiger partial charge in [0.15, 0.2) is 0 Å². The molecule has 0 aromatic carbocycles. The molecule has 0 spiro atoms. The Kier molecular flexibility index (Phi) is 0.678. The van der Waals surface area contributed by atoms with Crippen LogP contribution in [0.3, 0.4) is 0 Å². The minimum atomic E-state index is 0.250. The SMILES string of the molecule is C1C[C@H]2OO[C@H]1[C@@H]1O[C@@H]12. The van der Waals surface area contributed by atoms with Crippen molar-refractivity contribution in [2.24, 2.45) is 0 Å². The zero-order valence-electron chi connectivity index (χ0n) is 4.95. The van der Waals surface area contributed by atoms with Crippen molar-refractivity contribution in [2.45, 2.75) is 37.3 Å². The predicted octanol–water partition coefficient (Wildman–Crippen LogP) is 0.247. The third-order valence-corrected chi connectivity index (χ3v) is 2.33. The van der Waals surface area contributed by atoms with Gasteiger partial charge in [-0.1, -0.05) is 0 Å². The number of hydrogen-bond donors (Lipinski definition) is 0. The molecule has 2 bridgehead atoms. The molecule has 50 valence electrons.